The number of anilines is 1. The Morgan fingerprint density at radius 1 is 1.79 bits per heavy atom. The normalized spacial score (nSPS) is 41.0. The Hall–Kier alpha value is -1.55. The van der Waals surface area contributed by atoms with Crippen LogP contribution in [0.25, 0.3) is 0 Å². The van der Waals surface area contributed by atoms with E-state index in [1.165, 1.54) is 6.07 Å². The van der Waals surface area contributed by atoms with E-state index in [0.29, 0.717) is 4.57 Å². The maximum Gasteiger partial charge on any atom is 0.351 e. The molecule has 1 aliphatic rings. The van der Waals surface area contributed by atoms with Crippen LogP contribution in [0.1, 0.15) is 14.5 Å². The highest BCUT2D eigenvalue weighted by Gasteiger charge is 2.62. The summed E-state index contributed by atoms with van der Waals surface area (Å²) >= 11 is 0. The highest BCUT2D eigenvalue weighted by Crippen LogP contribution is 2.44. The fourth-order valence-corrected chi connectivity index (χ4v) is 1.93. The molecule has 1 aromatic heterocycles. The molecule has 0 bridgehead atoms. The number of alkyl halides is 1. The fourth-order valence-electron chi connectivity index (χ4n) is 1.93. The maximum atomic E-state index is 14.2. The number of aromatic nitrogens is 2. The third-order valence-corrected chi connectivity index (χ3v) is 3.00. The molecule has 0 aliphatic carbocycles. The zero-order chi connectivity index (χ0) is 15.3. The van der Waals surface area contributed by atoms with Gasteiger partial charge < -0.3 is 25.8 Å². The summed E-state index contributed by atoms with van der Waals surface area (Å²) in [5, 5.41) is 28.9. The Labute approximate surface area is 108 Å². The zero-order valence-electron chi connectivity index (χ0n) is 10.9. The lowest BCUT2D eigenvalue weighted by Crippen LogP contribution is -2.49. The van der Waals surface area contributed by atoms with E-state index < -0.39 is 36.1 Å². The summed E-state index contributed by atoms with van der Waals surface area (Å²) in [4.78, 5) is 15.1. The van der Waals surface area contributed by atoms with Crippen LogP contribution in [0.3, 0.4) is 0 Å². The molecule has 0 aromatic carbocycles. The molecule has 8 nitrogen and oxygen atoms in total. The van der Waals surface area contributed by atoms with Gasteiger partial charge in [0.1, 0.15) is 24.1 Å². The Kier molecular flexibility index (Phi) is 2.78. The highest BCUT2D eigenvalue weighted by molar-refractivity contribution is 5.24. The molecule has 5 atom stereocenters. The number of nitrogens with zero attached hydrogens (tertiary/aromatic N) is 2. The number of nitrogen functional groups attached to an aromatic ring is 1. The highest BCUT2D eigenvalue weighted by atomic mass is 19.2. The largest absolute Gasteiger partial charge is 0.390 e. The molecule has 1 aliphatic heterocycles. The minimum absolute atomic E-state index is 0.0866. The zero-order valence-corrected chi connectivity index (χ0v) is 9.89. The molecule has 1 saturated heterocycles. The van der Waals surface area contributed by atoms with Crippen molar-refractivity contribution in [1.29, 1.82) is 0 Å². The van der Waals surface area contributed by atoms with E-state index in [0.717, 1.165) is 13.1 Å². The van der Waals surface area contributed by atoms with Gasteiger partial charge in [-0.1, -0.05) is 0 Å². The lowest BCUT2D eigenvalue weighted by molar-refractivity contribution is -0.207. The Balaban J connectivity index is 2.50. The van der Waals surface area contributed by atoms with Crippen molar-refractivity contribution in [3.63, 3.8) is 0 Å². The molecule has 2 heterocycles. The third-order valence-electron chi connectivity index (χ3n) is 3.00. The van der Waals surface area contributed by atoms with E-state index in [1.54, 1.807) is 0 Å². The van der Waals surface area contributed by atoms with E-state index in [1.807, 2.05) is 0 Å². The predicted molar refractivity (Wildman–Crippen MR) is 60.6 cm³/mol. The van der Waals surface area contributed by atoms with Gasteiger partial charge in [0.25, 0.3) is 5.85 Å². The van der Waals surface area contributed by atoms with Gasteiger partial charge >= 0.3 is 5.69 Å². The first-order valence-electron chi connectivity index (χ1n) is 5.90. The molecule has 1 aromatic rings. The molecule has 9 heteroatoms. The van der Waals surface area contributed by atoms with Gasteiger partial charge in [0.2, 0.25) is 0 Å². The van der Waals surface area contributed by atoms with Crippen LogP contribution >= 0.6 is 0 Å². The van der Waals surface area contributed by atoms with Crippen LogP contribution < -0.4 is 11.4 Å². The molecule has 19 heavy (non-hydrogen) atoms. The van der Waals surface area contributed by atoms with E-state index in [-0.39, 0.29) is 5.82 Å². The van der Waals surface area contributed by atoms with Gasteiger partial charge in [-0.25, -0.2) is 9.18 Å². The van der Waals surface area contributed by atoms with Gasteiger partial charge in [-0.05, 0) is 13.0 Å². The number of rotatable bonds is 2. The molecule has 0 spiro atoms. The van der Waals surface area contributed by atoms with Gasteiger partial charge in [-0.2, -0.15) is 4.98 Å². The average molecular weight is 276 g/mol. The predicted octanol–water partition coefficient (Wildman–Crippen LogP) is -1.88. The molecular formula is C10H14FN3O5. The monoisotopic (exact) mass is 276 g/mol. The number of halogens is 1. The SMILES string of the molecule is [2H]C(O)[C@@]1(F)O[C@@H](n2ccc(N)nc2=O)[C@](C)(O)[C@@H]1O. The summed E-state index contributed by atoms with van der Waals surface area (Å²) in [7, 11) is 0. The Morgan fingerprint density at radius 2 is 2.42 bits per heavy atom. The van der Waals surface area contributed by atoms with Gasteiger partial charge in [0, 0.05) is 6.20 Å². The lowest BCUT2D eigenvalue weighted by Gasteiger charge is -2.27. The van der Waals surface area contributed by atoms with Crippen LogP contribution in [0.4, 0.5) is 10.2 Å². The molecule has 0 radical (unpaired) electrons. The number of hydrogen-bond acceptors (Lipinski definition) is 7. The van der Waals surface area contributed by atoms with Crippen molar-refractivity contribution in [2.75, 3.05) is 12.3 Å². The second-order valence-corrected chi connectivity index (χ2v) is 4.47. The first-order valence-corrected chi connectivity index (χ1v) is 5.33. The summed E-state index contributed by atoms with van der Waals surface area (Å²) in [6.45, 7) is -1.46. The van der Waals surface area contributed by atoms with Gasteiger partial charge in [0.15, 0.2) is 6.23 Å². The van der Waals surface area contributed by atoms with Crippen molar-refractivity contribution in [3.8, 4) is 0 Å². The van der Waals surface area contributed by atoms with E-state index in [2.05, 4.69) is 4.98 Å². The van der Waals surface area contributed by atoms with Crippen LogP contribution in [0, 0.1) is 0 Å². The van der Waals surface area contributed by atoms with E-state index in [4.69, 9.17) is 16.9 Å². The van der Waals surface area contributed by atoms with Crippen molar-refractivity contribution >= 4 is 5.82 Å². The Bertz CT molecular complexity index is 580. The molecular weight excluding hydrogens is 261 g/mol. The molecule has 1 fully saturated rings. The smallest absolute Gasteiger partial charge is 0.351 e. The van der Waals surface area contributed by atoms with Crippen LogP contribution in [-0.4, -0.2) is 49.0 Å². The van der Waals surface area contributed by atoms with Crippen molar-refractivity contribution in [2.45, 2.75) is 30.7 Å². The number of aliphatic hydroxyl groups excluding tert-OH is 2. The van der Waals surface area contributed by atoms with Crippen LogP contribution in [-0.2, 0) is 4.74 Å². The minimum atomic E-state index is -3.24. The lowest BCUT2D eigenvalue weighted by atomic mass is 9.95. The molecule has 106 valence electrons. The Morgan fingerprint density at radius 3 is 2.89 bits per heavy atom. The third kappa shape index (κ3) is 2.00. The van der Waals surface area contributed by atoms with Crippen molar-refractivity contribution in [3.05, 3.63) is 22.7 Å². The number of aliphatic hydroxyl groups is 3. The summed E-state index contributed by atoms with van der Waals surface area (Å²) in [6.07, 6.45) is -2.82. The van der Waals surface area contributed by atoms with Crippen LogP contribution in [0.15, 0.2) is 17.1 Å². The summed E-state index contributed by atoms with van der Waals surface area (Å²) < 4.78 is 26.7. The topological polar surface area (TPSA) is 131 Å². The van der Waals surface area contributed by atoms with Gasteiger partial charge in [-0.3, -0.25) is 4.57 Å². The molecule has 0 saturated carbocycles. The first kappa shape index (κ1) is 12.5. The molecule has 2 rings (SSSR count). The minimum Gasteiger partial charge on any atom is -0.390 e. The average Bonchev–Trinajstić information content (AvgIpc) is 2.52. The quantitative estimate of drug-likeness (QED) is 0.497. The van der Waals surface area contributed by atoms with Gasteiger partial charge in [-0.15, -0.1) is 0 Å². The van der Waals surface area contributed by atoms with Gasteiger partial charge in [0.05, 0.1) is 1.37 Å². The summed E-state index contributed by atoms with van der Waals surface area (Å²) in [5.41, 5.74) is 2.10. The van der Waals surface area contributed by atoms with Crippen LogP contribution in [0.2, 0.25) is 0 Å². The van der Waals surface area contributed by atoms with Crippen molar-refractivity contribution < 1.29 is 25.8 Å². The van der Waals surface area contributed by atoms with Crippen molar-refractivity contribution in [2.24, 2.45) is 0 Å². The van der Waals surface area contributed by atoms with E-state index in [9.17, 15) is 19.4 Å². The molecule has 5 N–H and O–H groups in total. The van der Waals surface area contributed by atoms with E-state index >= 15 is 0 Å². The standard InChI is InChI=1S/C10H14FN3O5/c1-9(18)6(16)10(11,4-15)19-7(9)14-3-2-5(12)13-8(14)17/h2-3,6-7,15-16,18H,4H2,1H3,(H2,12,13,17)/t6-,7+,9+,10+/m0/s1/i4D/t4?,6-,7+,9+,10+. The molecule has 0 amide bonds. The first-order chi connectivity index (χ1) is 9.10. The van der Waals surface area contributed by atoms with Crippen molar-refractivity contribution in [1.82, 2.24) is 9.55 Å². The maximum absolute atomic E-state index is 14.2. The number of hydrogen-bond donors (Lipinski definition) is 4. The number of nitrogens with two attached hydrogens (primary N) is 1. The second kappa shape index (κ2) is 4.23. The fraction of sp³-hybridized carbons (Fsp3) is 0.600. The van der Waals surface area contributed by atoms with Crippen LogP contribution in [0.5, 0.6) is 0 Å². The number of ether oxygens (including phenoxy) is 1. The molecule has 1 unspecified atom stereocenters. The summed E-state index contributed by atoms with van der Waals surface area (Å²) in [5.74, 6) is -3.33. The summed E-state index contributed by atoms with van der Waals surface area (Å²) in [6, 6.07) is 1.21. The second-order valence-electron chi connectivity index (χ2n) is 4.47.